The lowest BCUT2D eigenvalue weighted by atomic mass is 10.1. The van der Waals surface area contributed by atoms with Crippen LogP contribution in [-0.2, 0) is 6.42 Å². The van der Waals surface area contributed by atoms with E-state index in [1.54, 1.807) is 0 Å². The van der Waals surface area contributed by atoms with Gasteiger partial charge in [0.25, 0.3) is 0 Å². The molecule has 0 unspecified atom stereocenters. The Morgan fingerprint density at radius 2 is 2.12 bits per heavy atom. The lowest BCUT2D eigenvalue weighted by Crippen LogP contribution is -2.20. The number of aryl methyl sites for hydroxylation is 1. The Kier molecular flexibility index (Phi) is 3.49. The zero-order chi connectivity index (χ0) is 11.5. The van der Waals surface area contributed by atoms with Crippen LogP contribution in [0.25, 0.3) is 0 Å². The molecule has 0 heterocycles. The second-order valence-corrected chi connectivity index (χ2v) is 4.98. The predicted molar refractivity (Wildman–Crippen MR) is 69.9 cm³/mol. The zero-order valence-electron chi connectivity index (χ0n) is 10.4. The summed E-state index contributed by atoms with van der Waals surface area (Å²) in [5, 5.41) is 0. The Morgan fingerprint density at radius 3 is 2.69 bits per heavy atom. The fourth-order valence-electron chi connectivity index (χ4n) is 2.25. The van der Waals surface area contributed by atoms with Crippen LogP contribution in [0.4, 0.5) is 5.69 Å². The van der Waals surface area contributed by atoms with Gasteiger partial charge in [0.1, 0.15) is 0 Å². The highest BCUT2D eigenvalue weighted by molar-refractivity contribution is 5.54. The molecule has 1 aromatic carbocycles. The first kappa shape index (κ1) is 11.5. The van der Waals surface area contributed by atoms with E-state index in [1.165, 1.54) is 36.2 Å². The van der Waals surface area contributed by atoms with Crippen molar-refractivity contribution in [3.05, 3.63) is 29.3 Å². The average molecular weight is 218 g/mol. The summed E-state index contributed by atoms with van der Waals surface area (Å²) in [6.07, 6.45) is 3.80. The van der Waals surface area contributed by atoms with Crippen LogP contribution in [-0.4, -0.2) is 20.1 Å². The Bertz CT molecular complexity index is 356. The third kappa shape index (κ3) is 2.76. The third-order valence-electron chi connectivity index (χ3n) is 3.33. The monoisotopic (exact) mass is 218 g/mol. The molecule has 88 valence electrons. The van der Waals surface area contributed by atoms with Crippen molar-refractivity contribution in [3.8, 4) is 0 Å². The Hall–Kier alpha value is -1.02. The maximum atomic E-state index is 5.57. The minimum Gasteiger partial charge on any atom is -0.374 e. The number of anilines is 1. The van der Waals surface area contributed by atoms with E-state index in [0.29, 0.717) is 0 Å². The molecule has 1 saturated carbocycles. The fourth-order valence-corrected chi connectivity index (χ4v) is 2.25. The molecule has 2 nitrogen and oxygen atoms in total. The minimum absolute atomic E-state index is 0.733. The van der Waals surface area contributed by atoms with Gasteiger partial charge in [0.05, 0.1) is 0 Å². The number of rotatable bonds is 5. The highest BCUT2D eigenvalue weighted by Gasteiger charge is 2.23. The van der Waals surface area contributed by atoms with Crippen molar-refractivity contribution in [2.24, 2.45) is 11.7 Å². The summed E-state index contributed by atoms with van der Waals surface area (Å²) in [4.78, 5) is 2.39. The molecule has 1 fully saturated rings. The molecule has 2 heteroatoms. The van der Waals surface area contributed by atoms with Crippen LogP contribution in [0.5, 0.6) is 0 Å². The molecule has 0 radical (unpaired) electrons. The molecule has 16 heavy (non-hydrogen) atoms. The summed E-state index contributed by atoms with van der Waals surface area (Å²) in [6.45, 7) is 4.13. The van der Waals surface area contributed by atoms with Crippen molar-refractivity contribution >= 4 is 5.69 Å². The van der Waals surface area contributed by atoms with Crippen molar-refractivity contribution in [1.29, 1.82) is 0 Å². The highest BCUT2D eigenvalue weighted by atomic mass is 15.1. The molecule has 1 aliphatic rings. The standard InChI is InChI=1S/C14H22N2/c1-11-9-12(7-8-15)5-6-14(11)16(2)10-13-3-4-13/h5-6,9,13H,3-4,7-8,10,15H2,1-2H3. The molecular weight excluding hydrogens is 196 g/mol. The SMILES string of the molecule is Cc1cc(CCN)ccc1N(C)CC1CC1. The van der Waals surface area contributed by atoms with E-state index >= 15 is 0 Å². The molecule has 1 aromatic rings. The van der Waals surface area contributed by atoms with Gasteiger partial charge in [0.15, 0.2) is 0 Å². The molecule has 1 aliphatic carbocycles. The van der Waals surface area contributed by atoms with E-state index in [1.807, 2.05) is 0 Å². The lowest BCUT2D eigenvalue weighted by molar-refractivity contribution is 0.785. The first-order valence-electron chi connectivity index (χ1n) is 6.21. The number of benzene rings is 1. The summed E-state index contributed by atoms with van der Waals surface area (Å²) in [6, 6.07) is 6.72. The summed E-state index contributed by atoms with van der Waals surface area (Å²) < 4.78 is 0. The van der Waals surface area contributed by atoms with E-state index < -0.39 is 0 Å². The van der Waals surface area contributed by atoms with E-state index in [-0.39, 0.29) is 0 Å². The van der Waals surface area contributed by atoms with Crippen molar-refractivity contribution in [2.45, 2.75) is 26.2 Å². The molecule has 0 bridgehead atoms. The number of hydrogen-bond donors (Lipinski definition) is 1. The van der Waals surface area contributed by atoms with Crippen LogP contribution < -0.4 is 10.6 Å². The molecular formula is C14H22N2. The summed E-state index contributed by atoms with van der Waals surface area (Å²) >= 11 is 0. The maximum absolute atomic E-state index is 5.57. The van der Waals surface area contributed by atoms with Gasteiger partial charge >= 0.3 is 0 Å². The van der Waals surface area contributed by atoms with Crippen LogP contribution in [0.15, 0.2) is 18.2 Å². The first-order valence-corrected chi connectivity index (χ1v) is 6.21. The van der Waals surface area contributed by atoms with Gasteiger partial charge in [-0.3, -0.25) is 0 Å². The average Bonchev–Trinajstić information content (AvgIpc) is 3.02. The van der Waals surface area contributed by atoms with Gasteiger partial charge in [-0.2, -0.15) is 0 Å². The molecule has 0 aliphatic heterocycles. The van der Waals surface area contributed by atoms with Crippen LogP contribution in [0.2, 0.25) is 0 Å². The Morgan fingerprint density at radius 1 is 1.38 bits per heavy atom. The van der Waals surface area contributed by atoms with Gasteiger partial charge in [-0.25, -0.2) is 0 Å². The van der Waals surface area contributed by atoms with Crippen molar-refractivity contribution in [2.75, 3.05) is 25.0 Å². The quantitative estimate of drug-likeness (QED) is 0.822. The maximum Gasteiger partial charge on any atom is 0.0393 e. The number of nitrogens with zero attached hydrogens (tertiary/aromatic N) is 1. The van der Waals surface area contributed by atoms with Gasteiger partial charge < -0.3 is 10.6 Å². The minimum atomic E-state index is 0.733. The summed E-state index contributed by atoms with van der Waals surface area (Å²) in [7, 11) is 2.20. The van der Waals surface area contributed by atoms with E-state index in [2.05, 4.69) is 37.1 Å². The smallest absolute Gasteiger partial charge is 0.0393 e. The van der Waals surface area contributed by atoms with Crippen molar-refractivity contribution in [3.63, 3.8) is 0 Å². The number of hydrogen-bond acceptors (Lipinski definition) is 2. The molecule has 0 spiro atoms. The molecule has 0 atom stereocenters. The summed E-state index contributed by atoms with van der Waals surface area (Å²) in [5.74, 6) is 0.938. The van der Waals surface area contributed by atoms with E-state index in [0.717, 1.165) is 18.9 Å². The Labute approximate surface area is 98.4 Å². The number of nitrogens with two attached hydrogens (primary N) is 1. The van der Waals surface area contributed by atoms with Gasteiger partial charge in [-0.1, -0.05) is 12.1 Å². The molecule has 2 rings (SSSR count). The first-order chi connectivity index (χ1) is 7.70. The zero-order valence-corrected chi connectivity index (χ0v) is 10.4. The normalized spacial score (nSPS) is 15.2. The largest absolute Gasteiger partial charge is 0.374 e. The van der Waals surface area contributed by atoms with Gasteiger partial charge in [-0.05, 0) is 55.8 Å². The van der Waals surface area contributed by atoms with Crippen LogP contribution >= 0.6 is 0 Å². The van der Waals surface area contributed by atoms with Crippen molar-refractivity contribution in [1.82, 2.24) is 0 Å². The highest BCUT2D eigenvalue weighted by Crippen LogP contribution is 2.31. The van der Waals surface area contributed by atoms with Gasteiger partial charge in [0, 0.05) is 19.3 Å². The topological polar surface area (TPSA) is 29.3 Å². The fraction of sp³-hybridized carbons (Fsp3) is 0.571. The van der Waals surface area contributed by atoms with E-state index in [4.69, 9.17) is 5.73 Å². The van der Waals surface area contributed by atoms with E-state index in [9.17, 15) is 0 Å². The molecule has 0 aromatic heterocycles. The van der Waals surface area contributed by atoms with Crippen LogP contribution in [0, 0.1) is 12.8 Å². The van der Waals surface area contributed by atoms with Crippen LogP contribution in [0.1, 0.15) is 24.0 Å². The van der Waals surface area contributed by atoms with Gasteiger partial charge in [-0.15, -0.1) is 0 Å². The summed E-state index contributed by atoms with van der Waals surface area (Å²) in [5.41, 5.74) is 9.66. The third-order valence-corrected chi connectivity index (χ3v) is 3.33. The van der Waals surface area contributed by atoms with Gasteiger partial charge in [0.2, 0.25) is 0 Å². The van der Waals surface area contributed by atoms with Crippen LogP contribution in [0.3, 0.4) is 0 Å². The molecule has 0 saturated heterocycles. The second-order valence-electron chi connectivity index (χ2n) is 4.98. The second kappa shape index (κ2) is 4.88. The molecule has 0 amide bonds. The van der Waals surface area contributed by atoms with Crippen molar-refractivity contribution < 1.29 is 0 Å². The Balaban J connectivity index is 2.07. The lowest BCUT2D eigenvalue weighted by Gasteiger charge is -2.21. The molecule has 2 N–H and O–H groups in total. The predicted octanol–water partition coefficient (Wildman–Crippen LogP) is 2.34.